The van der Waals surface area contributed by atoms with Crippen LogP contribution in [-0.4, -0.2) is 18.0 Å². The molecule has 1 aromatic rings. The van der Waals surface area contributed by atoms with Crippen molar-refractivity contribution in [2.75, 3.05) is 6.54 Å². The predicted molar refractivity (Wildman–Crippen MR) is 79.8 cm³/mol. The second-order valence-electron chi connectivity index (χ2n) is 5.86. The summed E-state index contributed by atoms with van der Waals surface area (Å²) < 4.78 is 0. The summed E-state index contributed by atoms with van der Waals surface area (Å²) in [5, 5.41) is 0. The summed E-state index contributed by atoms with van der Waals surface area (Å²) in [6.45, 7) is 5.28. The summed E-state index contributed by atoms with van der Waals surface area (Å²) in [5.41, 5.74) is 2.37. The molecule has 2 heteroatoms. The van der Waals surface area contributed by atoms with Crippen molar-refractivity contribution in [3.05, 3.63) is 35.9 Å². The number of rotatable bonds is 4. The van der Waals surface area contributed by atoms with Crippen LogP contribution >= 0.6 is 0 Å². The van der Waals surface area contributed by atoms with E-state index in [0.717, 1.165) is 25.1 Å². The van der Waals surface area contributed by atoms with Crippen LogP contribution in [0, 0.1) is 5.92 Å². The van der Waals surface area contributed by atoms with E-state index in [1.165, 1.54) is 5.56 Å². The number of hydrogen-bond acceptors (Lipinski definition) is 2. The average Bonchev–Trinajstić information content (AvgIpc) is 2.39. The highest BCUT2D eigenvalue weighted by Gasteiger charge is 2.24. The van der Waals surface area contributed by atoms with Gasteiger partial charge < -0.3 is 0 Å². The number of carbonyl (C=O) groups is 1. The lowest BCUT2D eigenvalue weighted by molar-refractivity contribution is -0.118. The largest absolute Gasteiger partial charge is 0.299 e. The van der Waals surface area contributed by atoms with Gasteiger partial charge in [-0.3, -0.25) is 9.79 Å². The van der Waals surface area contributed by atoms with Crippen LogP contribution in [0.4, 0.5) is 0 Å². The SMILES string of the molecule is CC(C)CCN=C1CC(=O)C[C@@H](c2ccccc2)C1. The van der Waals surface area contributed by atoms with Crippen LogP contribution in [0.25, 0.3) is 0 Å². The average molecular weight is 257 g/mol. The molecule has 2 nitrogen and oxygen atoms in total. The minimum Gasteiger partial charge on any atom is -0.299 e. The minimum absolute atomic E-state index is 0.334. The minimum atomic E-state index is 0.334. The molecule has 0 spiro atoms. The van der Waals surface area contributed by atoms with Crippen molar-refractivity contribution >= 4 is 11.5 Å². The fraction of sp³-hybridized carbons (Fsp3) is 0.529. The monoisotopic (exact) mass is 257 g/mol. The first-order valence-electron chi connectivity index (χ1n) is 7.24. The van der Waals surface area contributed by atoms with Gasteiger partial charge in [0.2, 0.25) is 0 Å². The number of hydrogen-bond donors (Lipinski definition) is 0. The molecule has 0 unspecified atom stereocenters. The van der Waals surface area contributed by atoms with Gasteiger partial charge in [-0.15, -0.1) is 0 Å². The lowest BCUT2D eigenvalue weighted by Crippen LogP contribution is -2.22. The Labute approximate surface area is 115 Å². The van der Waals surface area contributed by atoms with Crippen molar-refractivity contribution in [1.29, 1.82) is 0 Å². The molecule has 0 N–H and O–H groups in total. The van der Waals surface area contributed by atoms with Gasteiger partial charge in [0.05, 0.1) is 0 Å². The quantitative estimate of drug-likeness (QED) is 0.801. The Morgan fingerprint density at radius 1 is 1.21 bits per heavy atom. The zero-order valence-electron chi connectivity index (χ0n) is 11.9. The van der Waals surface area contributed by atoms with E-state index >= 15 is 0 Å². The molecular weight excluding hydrogens is 234 g/mol. The van der Waals surface area contributed by atoms with Crippen LogP contribution in [0.15, 0.2) is 35.3 Å². The maximum Gasteiger partial charge on any atom is 0.139 e. The number of carbonyl (C=O) groups excluding carboxylic acids is 1. The van der Waals surface area contributed by atoms with Crippen molar-refractivity contribution in [3.8, 4) is 0 Å². The molecule has 0 radical (unpaired) electrons. The van der Waals surface area contributed by atoms with Gasteiger partial charge in [0.1, 0.15) is 5.78 Å². The maximum absolute atomic E-state index is 11.9. The van der Waals surface area contributed by atoms with E-state index < -0.39 is 0 Å². The Kier molecular flexibility index (Phi) is 4.89. The summed E-state index contributed by atoms with van der Waals surface area (Å²) in [6, 6.07) is 10.4. The normalized spacial score (nSPS) is 22.2. The van der Waals surface area contributed by atoms with Crippen molar-refractivity contribution in [1.82, 2.24) is 0 Å². The second kappa shape index (κ2) is 6.65. The fourth-order valence-corrected chi connectivity index (χ4v) is 2.57. The molecule has 0 saturated heterocycles. The fourth-order valence-electron chi connectivity index (χ4n) is 2.57. The molecule has 0 heterocycles. The van der Waals surface area contributed by atoms with Crippen LogP contribution < -0.4 is 0 Å². The van der Waals surface area contributed by atoms with E-state index in [4.69, 9.17) is 0 Å². The Morgan fingerprint density at radius 2 is 1.95 bits per heavy atom. The van der Waals surface area contributed by atoms with Gasteiger partial charge in [-0.05, 0) is 30.2 Å². The Bertz CT molecular complexity index is 448. The highest BCUT2D eigenvalue weighted by molar-refractivity contribution is 6.05. The summed E-state index contributed by atoms with van der Waals surface area (Å²) >= 11 is 0. The standard InChI is InChI=1S/C17H23NO/c1-13(2)8-9-18-16-10-15(11-17(19)12-16)14-6-4-3-5-7-14/h3-7,13,15H,8-12H2,1-2H3/t15-/m0/s1. The van der Waals surface area contributed by atoms with Crippen molar-refractivity contribution in [2.24, 2.45) is 10.9 Å². The van der Waals surface area contributed by atoms with E-state index in [2.05, 4.69) is 31.0 Å². The van der Waals surface area contributed by atoms with Gasteiger partial charge in [-0.1, -0.05) is 44.2 Å². The molecule has 0 amide bonds. The first-order valence-corrected chi connectivity index (χ1v) is 7.24. The van der Waals surface area contributed by atoms with Crippen LogP contribution in [0.5, 0.6) is 0 Å². The first kappa shape index (κ1) is 14.0. The molecule has 1 aliphatic rings. The molecule has 1 aromatic carbocycles. The van der Waals surface area contributed by atoms with E-state index in [9.17, 15) is 4.79 Å². The summed E-state index contributed by atoms with van der Waals surface area (Å²) in [4.78, 5) is 16.5. The number of aliphatic imine (C=N–C) groups is 1. The van der Waals surface area contributed by atoms with Gasteiger partial charge in [0.25, 0.3) is 0 Å². The zero-order valence-corrected chi connectivity index (χ0v) is 11.9. The highest BCUT2D eigenvalue weighted by Crippen LogP contribution is 2.29. The van der Waals surface area contributed by atoms with Crippen LogP contribution in [0.3, 0.4) is 0 Å². The van der Waals surface area contributed by atoms with Crippen molar-refractivity contribution in [3.63, 3.8) is 0 Å². The van der Waals surface area contributed by atoms with Gasteiger partial charge in [-0.2, -0.15) is 0 Å². The third-order valence-corrected chi connectivity index (χ3v) is 3.67. The summed E-state index contributed by atoms with van der Waals surface area (Å²) in [6.07, 6.45) is 3.30. The van der Waals surface area contributed by atoms with E-state index in [1.807, 2.05) is 18.2 Å². The van der Waals surface area contributed by atoms with Gasteiger partial charge in [0.15, 0.2) is 0 Å². The van der Waals surface area contributed by atoms with E-state index in [1.54, 1.807) is 0 Å². The molecule has 2 rings (SSSR count). The Balaban J connectivity index is 2.02. The second-order valence-corrected chi connectivity index (χ2v) is 5.86. The summed E-state index contributed by atoms with van der Waals surface area (Å²) in [5.74, 6) is 1.34. The summed E-state index contributed by atoms with van der Waals surface area (Å²) in [7, 11) is 0. The van der Waals surface area contributed by atoms with Gasteiger partial charge >= 0.3 is 0 Å². The van der Waals surface area contributed by atoms with Crippen LogP contribution in [0.1, 0.15) is 51.0 Å². The smallest absolute Gasteiger partial charge is 0.139 e. The molecule has 1 atom stereocenters. The number of nitrogens with zero attached hydrogens (tertiary/aromatic N) is 1. The lowest BCUT2D eigenvalue weighted by Gasteiger charge is -2.23. The van der Waals surface area contributed by atoms with Gasteiger partial charge in [0, 0.05) is 25.1 Å². The third kappa shape index (κ3) is 4.30. The molecule has 19 heavy (non-hydrogen) atoms. The highest BCUT2D eigenvalue weighted by atomic mass is 16.1. The predicted octanol–water partition coefficient (Wildman–Crippen LogP) is 4.01. The molecule has 102 valence electrons. The number of Topliss-reactive ketones (excluding diaryl/α,β-unsaturated/α-hetero) is 1. The lowest BCUT2D eigenvalue weighted by atomic mass is 9.82. The zero-order chi connectivity index (χ0) is 13.7. The van der Waals surface area contributed by atoms with E-state index in [-0.39, 0.29) is 0 Å². The Morgan fingerprint density at radius 3 is 2.63 bits per heavy atom. The molecular formula is C17H23NO. The van der Waals surface area contributed by atoms with Crippen molar-refractivity contribution in [2.45, 2.75) is 45.4 Å². The van der Waals surface area contributed by atoms with Gasteiger partial charge in [-0.25, -0.2) is 0 Å². The molecule has 0 bridgehead atoms. The number of ketones is 1. The van der Waals surface area contributed by atoms with Crippen molar-refractivity contribution < 1.29 is 4.79 Å². The molecule has 1 saturated carbocycles. The van der Waals surface area contributed by atoms with E-state index in [0.29, 0.717) is 30.5 Å². The number of benzene rings is 1. The third-order valence-electron chi connectivity index (χ3n) is 3.67. The maximum atomic E-state index is 11.9. The molecule has 1 fully saturated rings. The van der Waals surface area contributed by atoms with Crippen LogP contribution in [0.2, 0.25) is 0 Å². The molecule has 0 aromatic heterocycles. The Hall–Kier alpha value is -1.44. The van der Waals surface area contributed by atoms with Crippen LogP contribution in [-0.2, 0) is 4.79 Å². The first-order chi connectivity index (χ1) is 9.15. The molecule has 1 aliphatic carbocycles. The molecule has 0 aliphatic heterocycles. The topological polar surface area (TPSA) is 29.4 Å².